The lowest BCUT2D eigenvalue weighted by atomic mass is 9.77. The van der Waals surface area contributed by atoms with Crippen molar-refractivity contribution < 1.29 is 4.79 Å². The maximum absolute atomic E-state index is 13.5. The number of amides is 1. The molecule has 0 bridgehead atoms. The van der Waals surface area contributed by atoms with Crippen LogP contribution in [0.15, 0.2) is 15.7 Å². The topological polar surface area (TPSA) is 100 Å². The van der Waals surface area contributed by atoms with Gasteiger partial charge < -0.3 is 10.2 Å². The van der Waals surface area contributed by atoms with E-state index in [0.717, 1.165) is 32.4 Å². The summed E-state index contributed by atoms with van der Waals surface area (Å²) in [4.78, 5) is 47.2. The van der Waals surface area contributed by atoms with Gasteiger partial charge in [0.05, 0.1) is 10.9 Å². The van der Waals surface area contributed by atoms with E-state index in [4.69, 9.17) is 0 Å². The van der Waals surface area contributed by atoms with E-state index in [-0.39, 0.29) is 17.2 Å². The second kappa shape index (κ2) is 7.40. The fourth-order valence-corrected chi connectivity index (χ4v) is 4.63. The van der Waals surface area contributed by atoms with Gasteiger partial charge in [-0.05, 0) is 50.1 Å². The monoisotopic (exact) mass is 399 g/mol. The minimum Gasteiger partial charge on any atom is -0.339 e. The third-order valence-corrected chi connectivity index (χ3v) is 6.55. The number of fused-ring (bicyclic) bond motifs is 1. The van der Waals surface area contributed by atoms with Gasteiger partial charge in [-0.15, -0.1) is 0 Å². The van der Waals surface area contributed by atoms with E-state index in [0.29, 0.717) is 42.0 Å². The van der Waals surface area contributed by atoms with Crippen LogP contribution in [-0.2, 0) is 6.54 Å². The quantitative estimate of drug-likeness (QED) is 0.814. The average molecular weight is 399 g/mol. The van der Waals surface area contributed by atoms with Crippen molar-refractivity contribution in [2.45, 2.75) is 52.5 Å². The van der Waals surface area contributed by atoms with Crippen molar-refractivity contribution >= 4 is 16.9 Å². The molecule has 2 saturated heterocycles. The molecular formula is C21H29N5O3. The van der Waals surface area contributed by atoms with Crippen molar-refractivity contribution in [1.29, 1.82) is 0 Å². The Morgan fingerprint density at radius 3 is 2.55 bits per heavy atom. The van der Waals surface area contributed by atoms with Gasteiger partial charge in [0.2, 0.25) is 0 Å². The predicted molar refractivity (Wildman–Crippen MR) is 111 cm³/mol. The third-order valence-electron chi connectivity index (χ3n) is 6.55. The zero-order valence-corrected chi connectivity index (χ0v) is 17.4. The Bertz CT molecular complexity index is 1050. The van der Waals surface area contributed by atoms with E-state index < -0.39 is 11.2 Å². The molecule has 0 aliphatic carbocycles. The minimum absolute atomic E-state index is 0.0693. The summed E-state index contributed by atoms with van der Waals surface area (Å²) >= 11 is 0. The number of pyridine rings is 1. The summed E-state index contributed by atoms with van der Waals surface area (Å²) < 4.78 is 1.43. The fraction of sp³-hybridized carbons (Fsp3) is 0.619. The van der Waals surface area contributed by atoms with Gasteiger partial charge in [0.15, 0.2) is 5.65 Å². The predicted octanol–water partition coefficient (Wildman–Crippen LogP) is 1.44. The zero-order valence-electron chi connectivity index (χ0n) is 17.4. The third kappa shape index (κ3) is 3.39. The maximum Gasteiger partial charge on any atom is 0.329 e. The summed E-state index contributed by atoms with van der Waals surface area (Å²) in [6.45, 7) is 9.61. The molecule has 2 N–H and O–H groups in total. The highest BCUT2D eigenvalue weighted by Gasteiger charge is 2.38. The number of carbonyl (C=O) groups excluding carboxylic acids is 1. The molecule has 0 unspecified atom stereocenters. The number of hydrogen-bond acceptors (Lipinski definition) is 5. The number of aromatic nitrogens is 3. The van der Waals surface area contributed by atoms with Crippen LogP contribution in [0, 0.1) is 5.41 Å². The van der Waals surface area contributed by atoms with Gasteiger partial charge in [0.25, 0.3) is 11.5 Å². The highest BCUT2D eigenvalue weighted by atomic mass is 16.2. The molecule has 1 spiro atoms. The Morgan fingerprint density at radius 1 is 1.24 bits per heavy atom. The zero-order chi connectivity index (χ0) is 20.8. The van der Waals surface area contributed by atoms with Crippen molar-refractivity contribution in [1.82, 2.24) is 24.8 Å². The number of likely N-dealkylation sites (tertiary alicyclic amines) is 1. The lowest BCUT2D eigenvalue weighted by Gasteiger charge is -2.39. The summed E-state index contributed by atoms with van der Waals surface area (Å²) in [5.41, 5.74) is 0.619. The molecular weight excluding hydrogens is 370 g/mol. The van der Waals surface area contributed by atoms with Gasteiger partial charge in [0, 0.05) is 31.9 Å². The van der Waals surface area contributed by atoms with Crippen LogP contribution in [-0.4, -0.2) is 51.5 Å². The van der Waals surface area contributed by atoms with Gasteiger partial charge in [-0.3, -0.25) is 19.1 Å². The van der Waals surface area contributed by atoms with E-state index in [2.05, 4.69) is 15.3 Å². The number of aromatic amines is 1. The molecule has 0 atom stereocenters. The number of nitrogens with one attached hydrogen (secondary N) is 2. The SMILES string of the molecule is CCn1c(=O)[nH]c(=O)c2c(C(=O)N3CCC4(CCNC4)CC3)cc(C(C)C)nc21. The minimum atomic E-state index is -0.547. The largest absolute Gasteiger partial charge is 0.339 e. The smallest absolute Gasteiger partial charge is 0.329 e. The molecule has 0 saturated carbocycles. The fourth-order valence-electron chi connectivity index (χ4n) is 4.63. The van der Waals surface area contributed by atoms with Crippen LogP contribution in [0.5, 0.6) is 0 Å². The first-order valence-corrected chi connectivity index (χ1v) is 10.5. The van der Waals surface area contributed by atoms with Crippen LogP contribution >= 0.6 is 0 Å². The first-order valence-electron chi connectivity index (χ1n) is 10.5. The van der Waals surface area contributed by atoms with Crippen molar-refractivity contribution in [2.75, 3.05) is 26.2 Å². The molecule has 29 heavy (non-hydrogen) atoms. The molecule has 2 aromatic rings. The van der Waals surface area contributed by atoms with E-state index in [9.17, 15) is 14.4 Å². The molecule has 0 aromatic carbocycles. The van der Waals surface area contributed by atoms with Crippen LogP contribution in [0.3, 0.4) is 0 Å². The molecule has 2 aromatic heterocycles. The molecule has 156 valence electrons. The first-order chi connectivity index (χ1) is 13.8. The van der Waals surface area contributed by atoms with Gasteiger partial charge >= 0.3 is 5.69 Å². The number of rotatable bonds is 3. The second-order valence-corrected chi connectivity index (χ2v) is 8.67. The van der Waals surface area contributed by atoms with Crippen molar-refractivity contribution in [3.05, 3.63) is 38.2 Å². The van der Waals surface area contributed by atoms with Crippen LogP contribution in [0.4, 0.5) is 0 Å². The first kappa shape index (κ1) is 19.8. The molecule has 8 nitrogen and oxygen atoms in total. The van der Waals surface area contributed by atoms with Crippen molar-refractivity contribution in [3.8, 4) is 0 Å². The normalized spacial score (nSPS) is 18.8. The average Bonchev–Trinajstić information content (AvgIpc) is 3.15. The molecule has 4 heterocycles. The van der Waals surface area contributed by atoms with Gasteiger partial charge in [-0.25, -0.2) is 9.78 Å². The van der Waals surface area contributed by atoms with Gasteiger partial charge in [-0.1, -0.05) is 13.8 Å². The number of piperidine rings is 1. The Hall–Kier alpha value is -2.48. The Labute approximate surface area is 169 Å². The number of carbonyl (C=O) groups is 1. The van der Waals surface area contributed by atoms with Gasteiger partial charge in [0.1, 0.15) is 0 Å². The van der Waals surface area contributed by atoms with Crippen LogP contribution in [0.1, 0.15) is 62.0 Å². The lowest BCUT2D eigenvalue weighted by Crippen LogP contribution is -2.44. The molecule has 0 radical (unpaired) electrons. The lowest BCUT2D eigenvalue weighted by molar-refractivity contribution is 0.0609. The van der Waals surface area contributed by atoms with E-state index >= 15 is 0 Å². The van der Waals surface area contributed by atoms with Crippen LogP contribution in [0.25, 0.3) is 11.0 Å². The van der Waals surface area contributed by atoms with E-state index in [1.165, 1.54) is 4.57 Å². The molecule has 2 aliphatic rings. The Kier molecular flexibility index (Phi) is 5.06. The molecule has 2 aliphatic heterocycles. The summed E-state index contributed by atoms with van der Waals surface area (Å²) in [7, 11) is 0. The van der Waals surface area contributed by atoms with Crippen LogP contribution < -0.4 is 16.6 Å². The summed E-state index contributed by atoms with van der Waals surface area (Å²) in [6, 6.07) is 1.73. The molecule has 1 amide bonds. The molecule has 8 heteroatoms. The number of nitrogens with zero attached hydrogens (tertiary/aromatic N) is 3. The second-order valence-electron chi connectivity index (χ2n) is 8.67. The Balaban J connectivity index is 1.79. The summed E-state index contributed by atoms with van der Waals surface area (Å²) in [5, 5.41) is 3.65. The maximum atomic E-state index is 13.5. The van der Waals surface area contributed by atoms with E-state index in [1.807, 2.05) is 25.7 Å². The summed E-state index contributed by atoms with van der Waals surface area (Å²) in [6.07, 6.45) is 3.11. The molecule has 2 fully saturated rings. The number of H-pyrrole nitrogens is 1. The highest BCUT2D eigenvalue weighted by Crippen LogP contribution is 2.37. The van der Waals surface area contributed by atoms with Crippen molar-refractivity contribution in [3.63, 3.8) is 0 Å². The van der Waals surface area contributed by atoms with E-state index in [1.54, 1.807) is 6.07 Å². The highest BCUT2D eigenvalue weighted by molar-refractivity contribution is 6.05. The Morgan fingerprint density at radius 2 is 1.97 bits per heavy atom. The van der Waals surface area contributed by atoms with Crippen LogP contribution in [0.2, 0.25) is 0 Å². The number of hydrogen-bond donors (Lipinski definition) is 2. The van der Waals surface area contributed by atoms with Gasteiger partial charge in [-0.2, -0.15) is 0 Å². The van der Waals surface area contributed by atoms with Crippen molar-refractivity contribution in [2.24, 2.45) is 5.41 Å². The molecule has 4 rings (SSSR count). The summed E-state index contributed by atoms with van der Waals surface area (Å²) in [5.74, 6) is -0.0771. The standard InChI is InChI=1S/C21H29N5O3/c1-4-26-17-16(18(27)24-20(26)29)14(11-15(23-17)13(2)3)19(28)25-9-6-21(7-10-25)5-8-22-12-21/h11,13,22H,4-10,12H2,1-3H3,(H,24,27,29). The number of aryl methyl sites for hydroxylation is 1.